The Morgan fingerprint density at radius 2 is 1.21 bits per heavy atom. The van der Waals surface area contributed by atoms with Gasteiger partial charge in [0.05, 0.1) is 6.61 Å². The second kappa shape index (κ2) is 11.6. The number of carbonyl (C=O) groups is 2. The first-order chi connectivity index (χ1) is 16.6. The SMILES string of the molecule is CCOC(=O)C1(C(=O)OCc2cc(CSc3ccccc3)cc(CSc3ccccc3)c2)CC1. The third-order valence-electron chi connectivity index (χ3n) is 5.59. The van der Waals surface area contributed by atoms with Crippen LogP contribution in [-0.4, -0.2) is 18.5 Å². The number of hydrogen-bond acceptors (Lipinski definition) is 6. The van der Waals surface area contributed by atoms with Gasteiger partial charge in [0, 0.05) is 21.3 Å². The smallest absolute Gasteiger partial charge is 0.323 e. The van der Waals surface area contributed by atoms with E-state index in [2.05, 4.69) is 42.5 Å². The van der Waals surface area contributed by atoms with Crippen LogP contribution in [0.3, 0.4) is 0 Å². The molecule has 176 valence electrons. The number of benzene rings is 3. The molecule has 0 N–H and O–H groups in total. The lowest BCUT2D eigenvalue weighted by Gasteiger charge is -2.14. The summed E-state index contributed by atoms with van der Waals surface area (Å²) >= 11 is 3.56. The molecule has 3 aromatic carbocycles. The summed E-state index contributed by atoms with van der Waals surface area (Å²) in [6.07, 6.45) is 0.995. The molecule has 0 aliphatic heterocycles. The van der Waals surface area contributed by atoms with E-state index in [0.29, 0.717) is 12.8 Å². The molecule has 4 rings (SSSR count). The van der Waals surface area contributed by atoms with Gasteiger partial charge in [-0.3, -0.25) is 9.59 Å². The first-order valence-electron chi connectivity index (χ1n) is 11.4. The van der Waals surface area contributed by atoms with Gasteiger partial charge in [0.15, 0.2) is 5.41 Å². The Kier molecular flexibility index (Phi) is 8.35. The van der Waals surface area contributed by atoms with Crippen molar-refractivity contribution in [3.05, 3.63) is 95.6 Å². The lowest BCUT2D eigenvalue weighted by Crippen LogP contribution is -2.29. The van der Waals surface area contributed by atoms with E-state index in [1.54, 1.807) is 30.4 Å². The number of rotatable bonds is 11. The predicted octanol–water partition coefficient (Wildman–Crippen LogP) is 6.66. The number of carbonyl (C=O) groups excluding carboxylic acids is 2. The molecular weight excluding hydrogens is 464 g/mol. The molecule has 3 aromatic rings. The van der Waals surface area contributed by atoms with Gasteiger partial charge in [-0.2, -0.15) is 0 Å². The van der Waals surface area contributed by atoms with Crippen LogP contribution < -0.4 is 0 Å². The monoisotopic (exact) mass is 492 g/mol. The van der Waals surface area contributed by atoms with Crippen molar-refractivity contribution in [3.63, 3.8) is 0 Å². The van der Waals surface area contributed by atoms with E-state index in [0.717, 1.165) is 17.1 Å². The maximum atomic E-state index is 12.7. The number of ether oxygens (including phenoxy) is 2. The normalized spacial score (nSPS) is 13.8. The number of esters is 2. The summed E-state index contributed by atoms with van der Waals surface area (Å²) in [6, 6.07) is 27.0. The van der Waals surface area contributed by atoms with Gasteiger partial charge in [-0.25, -0.2) is 0 Å². The van der Waals surface area contributed by atoms with Crippen LogP contribution in [0.4, 0.5) is 0 Å². The Morgan fingerprint density at radius 3 is 1.68 bits per heavy atom. The van der Waals surface area contributed by atoms with Crippen LogP contribution in [0, 0.1) is 5.41 Å². The van der Waals surface area contributed by atoms with Gasteiger partial charge in [0.2, 0.25) is 0 Å². The molecule has 0 atom stereocenters. The summed E-state index contributed by atoms with van der Waals surface area (Å²) in [7, 11) is 0. The molecule has 1 fully saturated rings. The predicted molar refractivity (Wildman–Crippen MR) is 137 cm³/mol. The standard InChI is InChI=1S/C28H28O4S2/c1-2-31-26(29)28(13-14-28)27(30)32-18-21-15-22(19-33-24-9-5-3-6-10-24)17-23(16-21)20-34-25-11-7-4-8-12-25/h3-12,15-17H,2,13-14,18-20H2,1H3. The second-order valence-corrected chi connectivity index (χ2v) is 10.3. The largest absolute Gasteiger partial charge is 0.465 e. The molecule has 1 aliphatic carbocycles. The molecule has 0 unspecified atom stereocenters. The Morgan fingerprint density at radius 1 is 0.735 bits per heavy atom. The molecule has 0 bridgehead atoms. The van der Waals surface area contributed by atoms with Crippen molar-refractivity contribution >= 4 is 35.5 Å². The van der Waals surface area contributed by atoms with Gasteiger partial charge < -0.3 is 9.47 Å². The minimum Gasteiger partial charge on any atom is -0.465 e. The van der Waals surface area contributed by atoms with Crippen LogP contribution in [0.15, 0.2) is 88.7 Å². The first-order valence-corrected chi connectivity index (χ1v) is 13.4. The van der Waals surface area contributed by atoms with Crippen molar-refractivity contribution in [2.75, 3.05) is 6.61 Å². The zero-order chi connectivity index (χ0) is 23.8. The van der Waals surface area contributed by atoms with Crippen molar-refractivity contribution in [1.29, 1.82) is 0 Å². The molecule has 1 saturated carbocycles. The first kappa shape index (κ1) is 24.4. The molecule has 1 aliphatic rings. The van der Waals surface area contributed by atoms with Crippen molar-refractivity contribution < 1.29 is 19.1 Å². The summed E-state index contributed by atoms with van der Waals surface area (Å²) in [5, 5.41) is 0. The van der Waals surface area contributed by atoms with E-state index in [1.165, 1.54) is 20.9 Å². The average Bonchev–Trinajstić information content (AvgIpc) is 3.69. The molecule has 0 spiro atoms. The van der Waals surface area contributed by atoms with E-state index < -0.39 is 17.4 Å². The minimum atomic E-state index is -1.09. The summed E-state index contributed by atoms with van der Waals surface area (Å²) in [6.45, 7) is 2.15. The minimum absolute atomic E-state index is 0.146. The van der Waals surface area contributed by atoms with Gasteiger partial charge in [0.25, 0.3) is 0 Å². The molecule has 0 aromatic heterocycles. The second-order valence-electron chi connectivity index (χ2n) is 8.24. The van der Waals surface area contributed by atoms with Crippen molar-refractivity contribution in [1.82, 2.24) is 0 Å². The van der Waals surface area contributed by atoms with Crippen LogP contribution in [0.5, 0.6) is 0 Å². The van der Waals surface area contributed by atoms with Crippen LogP contribution in [0.2, 0.25) is 0 Å². The highest BCUT2D eigenvalue weighted by Crippen LogP contribution is 2.48. The maximum Gasteiger partial charge on any atom is 0.323 e. The lowest BCUT2D eigenvalue weighted by atomic mass is 10.1. The van der Waals surface area contributed by atoms with Crippen LogP contribution in [0.1, 0.15) is 36.5 Å². The van der Waals surface area contributed by atoms with Crippen LogP contribution in [0.25, 0.3) is 0 Å². The third kappa shape index (κ3) is 6.45. The van der Waals surface area contributed by atoms with E-state index in [1.807, 2.05) is 36.4 Å². The molecule has 6 heteroatoms. The maximum absolute atomic E-state index is 12.7. The Labute approximate surface area is 209 Å². The highest BCUT2D eigenvalue weighted by molar-refractivity contribution is 7.98. The van der Waals surface area contributed by atoms with Gasteiger partial charge in [0.1, 0.15) is 6.61 Å². The molecule has 0 amide bonds. The van der Waals surface area contributed by atoms with Gasteiger partial charge in [-0.15, -0.1) is 23.5 Å². The van der Waals surface area contributed by atoms with Crippen molar-refractivity contribution in [2.24, 2.45) is 5.41 Å². The fourth-order valence-corrected chi connectivity index (χ4v) is 5.33. The third-order valence-corrected chi connectivity index (χ3v) is 7.75. The van der Waals surface area contributed by atoms with E-state index >= 15 is 0 Å². The van der Waals surface area contributed by atoms with Gasteiger partial charge in [-0.1, -0.05) is 54.6 Å². The fraction of sp³-hybridized carbons (Fsp3) is 0.286. The van der Waals surface area contributed by atoms with Crippen molar-refractivity contribution in [3.8, 4) is 0 Å². The molecule has 0 heterocycles. The highest BCUT2D eigenvalue weighted by atomic mass is 32.2. The lowest BCUT2D eigenvalue weighted by molar-refractivity contribution is -0.165. The van der Waals surface area contributed by atoms with Crippen LogP contribution in [-0.2, 0) is 37.2 Å². The van der Waals surface area contributed by atoms with Gasteiger partial charge >= 0.3 is 11.9 Å². The van der Waals surface area contributed by atoms with Gasteiger partial charge in [-0.05, 0) is 60.7 Å². The zero-order valence-corrected chi connectivity index (χ0v) is 20.8. The zero-order valence-electron chi connectivity index (χ0n) is 19.2. The highest BCUT2D eigenvalue weighted by Gasteiger charge is 2.59. The fourth-order valence-electron chi connectivity index (χ4n) is 3.63. The average molecular weight is 493 g/mol. The quantitative estimate of drug-likeness (QED) is 0.170. The molecule has 4 nitrogen and oxygen atoms in total. The Hall–Kier alpha value is -2.70. The topological polar surface area (TPSA) is 52.6 Å². The summed E-state index contributed by atoms with van der Waals surface area (Å²) in [4.78, 5) is 27.3. The van der Waals surface area contributed by atoms with E-state index in [4.69, 9.17) is 9.47 Å². The molecule has 34 heavy (non-hydrogen) atoms. The summed E-state index contributed by atoms with van der Waals surface area (Å²) < 4.78 is 10.7. The number of thioether (sulfide) groups is 2. The Bertz CT molecular complexity index is 1050. The summed E-state index contributed by atoms with van der Waals surface area (Å²) in [5.41, 5.74) is 2.20. The molecule has 0 saturated heterocycles. The molecule has 0 radical (unpaired) electrons. The summed E-state index contributed by atoms with van der Waals surface area (Å²) in [5.74, 6) is 0.701. The van der Waals surface area contributed by atoms with E-state index in [-0.39, 0.29) is 13.2 Å². The number of hydrogen-bond donors (Lipinski definition) is 0. The molecular formula is C28H28O4S2. The van der Waals surface area contributed by atoms with Crippen molar-refractivity contribution in [2.45, 2.75) is 47.7 Å². The van der Waals surface area contributed by atoms with Crippen LogP contribution >= 0.6 is 23.5 Å². The van der Waals surface area contributed by atoms with E-state index in [9.17, 15) is 9.59 Å². The Balaban J connectivity index is 1.45.